The fourth-order valence-corrected chi connectivity index (χ4v) is 2.91. The van der Waals surface area contributed by atoms with Gasteiger partial charge >= 0.3 is 6.61 Å². The molecule has 2 aromatic heterocycles. The summed E-state index contributed by atoms with van der Waals surface area (Å²) in [7, 11) is 1.76. The zero-order valence-electron chi connectivity index (χ0n) is 14.8. The summed E-state index contributed by atoms with van der Waals surface area (Å²) in [6.45, 7) is 2.27. The van der Waals surface area contributed by atoms with Crippen molar-refractivity contribution in [2.75, 3.05) is 5.32 Å². The molecule has 1 aromatic carbocycles. The van der Waals surface area contributed by atoms with Crippen LogP contribution < -0.4 is 10.1 Å². The molecule has 1 N–H and O–H groups in total. The molecule has 3 aromatic rings. The summed E-state index contributed by atoms with van der Waals surface area (Å²) in [6, 6.07) is 6.29. The summed E-state index contributed by atoms with van der Waals surface area (Å²) in [5.74, 6) is -0.347. The Morgan fingerprint density at radius 2 is 2.00 bits per heavy atom. The number of benzene rings is 1. The third kappa shape index (κ3) is 3.22. The van der Waals surface area contributed by atoms with Crippen molar-refractivity contribution < 1.29 is 18.3 Å². The van der Waals surface area contributed by atoms with Gasteiger partial charge in [-0.05, 0) is 39.0 Å². The Hall–Kier alpha value is -3.03. The molecule has 0 aliphatic heterocycles. The first-order valence-electron chi connectivity index (χ1n) is 7.94. The van der Waals surface area contributed by atoms with Crippen LogP contribution >= 0.6 is 0 Å². The Kier molecular flexibility index (Phi) is 4.58. The molecule has 26 heavy (non-hydrogen) atoms. The number of ether oxygens (including phenoxy) is 1. The van der Waals surface area contributed by atoms with Crippen molar-refractivity contribution >= 4 is 22.6 Å². The Balaban J connectivity index is 2.01. The van der Waals surface area contributed by atoms with Gasteiger partial charge in [-0.1, -0.05) is 6.07 Å². The van der Waals surface area contributed by atoms with Crippen LogP contribution in [0.15, 0.2) is 24.3 Å². The number of amides is 1. The van der Waals surface area contributed by atoms with Crippen molar-refractivity contribution in [2.45, 2.75) is 27.4 Å². The van der Waals surface area contributed by atoms with E-state index in [1.165, 1.54) is 6.07 Å². The highest BCUT2D eigenvalue weighted by atomic mass is 19.3. The van der Waals surface area contributed by atoms with Gasteiger partial charge in [0.2, 0.25) is 0 Å². The van der Waals surface area contributed by atoms with E-state index in [2.05, 4.69) is 20.1 Å². The van der Waals surface area contributed by atoms with Crippen molar-refractivity contribution in [3.05, 3.63) is 46.8 Å². The van der Waals surface area contributed by atoms with E-state index in [-0.39, 0.29) is 11.7 Å². The van der Waals surface area contributed by atoms with Gasteiger partial charge in [0.05, 0.1) is 16.6 Å². The highest BCUT2D eigenvalue weighted by molar-refractivity contribution is 6.13. The minimum Gasteiger partial charge on any atom is -0.434 e. The number of hydrogen-bond donors (Lipinski definition) is 1. The van der Waals surface area contributed by atoms with Gasteiger partial charge in [0, 0.05) is 24.0 Å². The third-order valence-corrected chi connectivity index (χ3v) is 4.09. The normalized spacial score (nSPS) is 11.2. The van der Waals surface area contributed by atoms with Crippen LogP contribution in [-0.2, 0) is 7.05 Å². The quantitative estimate of drug-likeness (QED) is 0.769. The lowest BCUT2D eigenvalue weighted by Gasteiger charge is -2.13. The van der Waals surface area contributed by atoms with Crippen molar-refractivity contribution in [1.29, 1.82) is 0 Å². The molecule has 0 radical (unpaired) electrons. The van der Waals surface area contributed by atoms with Gasteiger partial charge < -0.3 is 10.1 Å². The van der Waals surface area contributed by atoms with Crippen LogP contribution in [0.5, 0.6) is 5.75 Å². The van der Waals surface area contributed by atoms with Crippen molar-refractivity contribution in [1.82, 2.24) is 14.8 Å². The van der Waals surface area contributed by atoms with E-state index in [4.69, 9.17) is 0 Å². The number of pyridine rings is 1. The second-order valence-corrected chi connectivity index (χ2v) is 5.98. The molecule has 2 heterocycles. The Morgan fingerprint density at radius 3 is 2.69 bits per heavy atom. The standard InChI is InChI=1S/C18H18F2N4O2/c1-9-8-12(15-11(3)23-24(4)16(15)21-9)17(25)22-13-6-5-7-14(10(13)2)26-18(19)20/h5-8,18H,1-4H3,(H,22,25). The molecule has 0 bridgehead atoms. The molecule has 0 spiro atoms. The molecule has 6 nitrogen and oxygen atoms in total. The molecular formula is C18H18F2N4O2. The van der Waals surface area contributed by atoms with Crippen molar-refractivity contribution in [3.63, 3.8) is 0 Å². The van der Waals surface area contributed by atoms with Crippen LogP contribution in [0.2, 0.25) is 0 Å². The van der Waals surface area contributed by atoms with E-state index in [1.807, 2.05) is 0 Å². The van der Waals surface area contributed by atoms with Crippen molar-refractivity contribution in [2.24, 2.45) is 7.05 Å². The summed E-state index contributed by atoms with van der Waals surface area (Å²) < 4.78 is 31.1. The minimum absolute atomic E-state index is 0.0198. The summed E-state index contributed by atoms with van der Waals surface area (Å²) in [4.78, 5) is 17.3. The van der Waals surface area contributed by atoms with E-state index in [9.17, 15) is 13.6 Å². The van der Waals surface area contributed by atoms with E-state index >= 15 is 0 Å². The van der Waals surface area contributed by atoms with Crippen LogP contribution in [0.1, 0.15) is 27.3 Å². The number of fused-ring (bicyclic) bond motifs is 1. The molecule has 3 rings (SSSR count). The van der Waals surface area contributed by atoms with Crippen molar-refractivity contribution in [3.8, 4) is 5.75 Å². The summed E-state index contributed by atoms with van der Waals surface area (Å²) in [6.07, 6.45) is 0. The van der Waals surface area contributed by atoms with E-state index in [0.29, 0.717) is 39.2 Å². The zero-order valence-corrected chi connectivity index (χ0v) is 14.8. The second-order valence-electron chi connectivity index (χ2n) is 5.98. The second kappa shape index (κ2) is 6.70. The molecule has 0 fully saturated rings. The van der Waals surface area contributed by atoms with Crippen LogP contribution in [0.3, 0.4) is 0 Å². The maximum absolute atomic E-state index is 12.9. The van der Waals surface area contributed by atoms with Crippen LogP contribution in [-0.4, -0.2) is 27.3 Å². The van der Waals surface area contributed by atoms with Crippen LogP contribution in [0.4, 0.5) is 14.5 Å². The van der Waals surface area contributed by atoms with Crippen LogP contribution in [0, 0.1) is 20.8 Å². The van der Waals surface area contributed by atoms with E-state index < -0.39 is 6.61 Å². The number of aromatic nitrogens is 3. The number of carbonyl (C=O) groups excluding carboxylic acids is 1. The van der Waals surface area contributed by atoms with Gasteiger partial charge in [0.25, 0.3) is 5.91 Å². The lowest BCUT2D eigenvalue weighted by Crippen LogP contribution is -2.15. The van der Waals surface area contributed by atoms with Gasteiger partial charge in [0.1, 0.15) is 5.75 Å². The predicted octanol–water partition coefficient (Wildman–Crippen LogP) is 3.75. The maximum atomic E-state index is 12.9. The maximum Gasteiger partial charge on any atom is 0.387 e. The summed E-state index contributed by atoms with van der Waals surface area (Å²) in [5, 5.41) is 7.74. The van der Waals surface area contributed by atoms with Gasteiger partial charge in [0.15, 0.2) is 5.65 Å². The molecule has 0 atom stereocenters. The fourth-order valence-electron chi connectivity index (χ4n) is 2.91. The average molecular weight is 360 g/mol. The fraction of sp³-hybridized carbons (Fsp3) is 0.278. The smallest absolute Gasteiger partial charge is 0.387 e. The van der Waals surface area contributed by atoms with Crippen LogP contribution in [0.25, 0.3) is 11.0 Å². The van der Waals surface area contributed by atoms with Gasteiger partial charge in [-0.3, -0.25) is 9.48 Å². The first-order chi connectivity index (χ1) is 12.3. The summed E-state index contributed by atoms with van der Waals surface area (Å²) >= 11 is 0. The largest absolute Gasteiger partial charge is 0.434 e. The number of halogens is 2. The van der Waals surface area contributed by atoms with Gasteiger partial charge in [-0.25, -0.2) is 4.98 Å². The number of nitrogens with one attached hydrogen (secondary N) is 1. The molecule has 0 unspecified atom stereocenters. The molecule has 8 heteroatoms. The van der Waals surface area contributed by atoms with E-state index in [1.54, 1.807) is 50.7 Å². The molecule has 1 amide bonds. The lowest BCUT2D eigenvalue weighted by atomic mass is 10.1. The third-order valence-electron chi connectivity index (χ3n) is 4.09. The van der Waals surface area contributed by atoms with E-state index in [0.717, 1.165) is 0 Å². The zero-order chi connectivity index (χ0) is 19.0. The number of anilines is 1. The number of nitrogens with zero attached hydrogens (tertiary/aromatic N) is 3. The number of aryl methyl sites for hydroxylation is 3. The SMILES string of the molecule is Cc1cc(C(=O)Nc2cccc(OC(F)F)c2C)c2c(C)nn(C)c2n1. The number of alkyl halides is 2. The van der Waals surface area contributed by atoms with Gasteiger partial charge in [-0.2, -0.15) is 13.9 Å². The lowest BCUT2D eigenvalue weighted by molar-refractivity contribution is -0.0502. The Morgan fingerprint density at radius 1 is 1.27 bits per heavy atom. The number of rotatable bonds is 4. The molecule has 0 saturated carbocycles. The molecule has 0 saturated heterocycles. The Bertz CT molecular complexity index is 999. The molecule has 0 aliphatic rings. The molecular weight excluding hydrogens is 342 g/mol. The van der Waals surface area contributed by atoms with Gasteiger partial charge in [-0.15, -0.1) is 0 Å². The number of carbonyl (C=O) groups is 1. The highest BCUT2D eigenvalue weighted by Gasteiger charge is 2.19. The highest BCUT2D eigenvalue weighted by Crippen LogP contribution is 2.28. The first-order valence-corrected chi connectivity index (χ1v) is 7.94. The topological polar surface area (TPSA) is 69.0 Å². The molecule has 0 aliphatic carbocycles. The first kappa shape index (κ1) is 17.8. The predicted molar refractivity (Wildman–Crippen MR) is 93.7 cm³/mol. The minimum atomic E-state index is -2.93. The Labute approximate surface area is 148 Å². The summed E-state index contributed by atoms with van der Waals surface area (Å²) in [5.41, 5.74) is 3.23. The number of hydrogen-bond acceptors (Lipinski definition) is 4. The molecule has 136 valence electrons. The monoisotopic (exact) mass is 360 g/mol. The average Bonchev–Trinajstić information content (AvgIpc) is 2.84.